The minimum Gasteiger partial charge on any atom is -0.266 e. The lowest BCUT2D eigenvalue weighted by Crippen LogP contribution is -2.14. The predicted molar refractivity (Wildman–Crippen MR) is 64.0 cm³/mol. The molecule has 0 amide bonds. The topological polar surface area (TPSA) is 17.8 Å². The van der Waals surface area contributed by atoms with E-state index in [1.54, 1.807) is 0 Å². The zero-order valence-corrected chi connectivity index (χ0v) is 11.3. The van der Waals surface area contributed by atoms with E-state index in [1.165, 1.54) is 5.69 Å². The van der Waals surface area contributed by atoms with Gasteiger partial charge in [-0.1, -0.05) is 6.92 Å². The monoisotopic (exact) mass is 278 g/mol. The van der Waals surface area contributed by atoms with Crippen LogP contribution in [0.1, 0.15) is 45.3 Å². The Kier molecular flexibility index (Phi) is 4.02. The summed E-state index contributed by atoms with van der Waals surface area (Å²) in [6, 6.07) is 0.370. The zero-order valence-electron chi connectivity index (χ0n) is 8.96. The van der Waals surface area contributed by atoms with Crippen LogP contribution in [0, 0.1) is 0 Å². The molecular weight excluding hydrogens is 263 g/mol. The van der Waals surface area contributed by atoms with Crippen molar-refractivity contribution in [2.75, 3.05) is 0 Å². The lowest BCUT2D eigenvalue weighted by atomic mass is 10.0. The summed E-state index contributed by atoms with van der Waals surface area (Å²) in [6.07, 6.45) is 1.84. The summed E-state index contributed by atoms with van der Waals surface area (Å²) in [5, 5.41) is 4.44. The van der Waals surface area contributed by atoms with Gasteiger partial charge in [0.05, 0.1) is 16.4 Å². The third kappa shape index (κ3) is 2.31. The van der Waals surface area contributed by atoms with E-state index in [9.17, 15) is 0 Å². The molecule has 1 aromatic rings. The molecular formula is C10H16BrClN2. The molecule has 0 aliphatic carbocycles. The van der Waals surface area contributed by atoms with E-state index in [0.717, 1.165) is 4.47 Å². The lowest BCUT2D eigenvalue weighted by Gasteiger charge is -2.19. The molecule has 0 spiro atoms. The van der Waals surface area contributed by atoms with E-state index in [-0.39, 0.29) is 5.38 Å². The molecule has 0 aliphatic rings. The maximum absolute atomic E-state index is 6.11. The Morgan fingerprint density at radius 2 is 1.93 bits per heavy atom. The molecule has 0 aromatic carbocycles. The average molecular weight is 280 g/mol. The van der Waals surface area contributed by atoms with Crippen LogP contribution < -0.4 is 0 Å². The molecule has 0 aliphatic heterocycles. The number of hydrogen-bond donors (Lipinski definition) is 0. The summed E-state index contributed by atoms with van der Waals surface area (Å²) >= 11 is 9.62. The van der Waals surface area contributed by atoms with E-state index in [2.05, 4.69) is 41.8 Å². The molecule has 4 heteroatoms. The van der Waals surface area contributed by atoms with Crippen LogP contribution in [0.25, 0.3) is 0 Å². The number of aromatic nitrogens is 2. The van der Waals surface area contributed by atoms with Crippen LogP contribution >= 0.6 is 27.5 Å². The van der Waals surface area contributed by atoms with Gasteiger partial charge in [0, 0.05) is 17.3 Å². The molecule has 2 nitrogen and oxygen atoms in total. The lowest BCUT2D eigenvalue weighted by molar-refractivity contribution is 0.488. The summed E-state index contributed by atoms with van der Waals surface area (Å²) in [7, 11) is 0. The number of alkyl halides is 1. The highest BCUT2D eigenvalue weighted by molar-refractivity contribution is 9.10. The van der Waals surface area contributed by atoms with Gasteiger partial charge in [0.25, 0.3) is 0 Å². The van der Waals surface area contributed by atoms with E-state index in [4.69, 9.17) is 11.6 Å². The van der Waals surface area contributed by atoms with Crippen molar-refractivity contribution >= 4 is 27.5 Å². The fraction of sp³-hybridized carbons (Fsp3) is 0.700. The van der Waals surface area contributed by atoms with Gasteiger partial charge in [0.1, 0.15) is 0 Å². The highest BCUT2D eigenvalue weighted by atomic mass is 79.9. The van der Waals surface area contributed by atoms with Crippen molar-refractivity contribution in [3.63, 3.8) is 0 Å². The second-order valence-electron chi connectivity index (χ2n) is 3.88. The van der Waals surface area contributed by atoms with Gasteiger partial charge in [-0.2, -0.15) is 5.10 Å². The molecule has 0 fully saturated rings. The third-order valence-corrected chi connectivity index (χ3v) is 3.39. The first-order chi connectivity index (χ1) is 6.45. The van der Waals surface area contributed by atoms with E-state index < -0.39 is 0 Å². The first-order valence-corrected chi connectivity index (χ1v) is 6.05. The van der Waals surface area contributed by atoms with Gasteiger partial charge in [-0.15, -0.1) is 11.6 Å². The van der Waals surface area contributed by atoms with Gasteiger partial charge in [0.15, 0.2) is 0 Å². The first-order valence-electron chi connectivity index (χ1n) is 4.82. The molecule has 0 bridgehead atoms. The molecule has 0 radical (unpaired) electrons. The Morgan fingerprint density at radius 3 is 2.36 bits per heavy atom. The highest BCUT2D eigenvalue weighted by Gasteiger charge is 2.21. The Labute approximate surface area is 98.8 Å². The molecule has 80 valence electrons. The molecule has 0 saturated carbocycles. The first kappa shape index (κ1) is 12.1. The van der Waals surface area contributed by atoms with Crippen molar-refractivity contribution < 1.29 is 0 Å². The summed E-state index contributed by atoms with van der Waals surface area (Å²) in [5.41, 5.74) is 1.18. The third-order valence-electron chi connectivity index (χ3n) is 2.40. The molecule has 0 N–H and O–H groups in total. The Balaban J connectivity index is 3.10. The Morgan fingerprint density at radius 1 is 1.36 bits per heavy atom. The van der Waals surface area contributed by atoms with Crippen molar-refractivity contribution in [1.82, 2.24) is 9.78 Å². The minimum absolute atomic E-state index is 0.112. The maximum atomic E-state index is 6.11. The molecule has 1 heterocycles. The summed E-state index contributed by atoms with van der Waals surface area (Å²) in [5.74, 6) is 0.302. The van der Waals surface area contributed by atoms with Crippen molar-refractivity contribution in [2.24, 2.45) is 0 Å². The van der Waals surface area contributed by atoms with Crippen LogP contribution in [-0.2, 0) is 0 Å². The van der Waals surface area contributed by atoms with E-state index in [0.29, 0.717) is 12.0 Å². The fourth-order valence-corrected chi connectivity index (χ4v) is 2.16. The second-order valence-corrected chi connectivity index (χ2v) is 5.43. The summed E-state index contributed by atoms with van der Waals surface area (Å²) in [4.78, 5) is 0. The molecule has 1 rings (SSSR count). The molecule has 1 aromatic heterocycles. The number of nitrogens with zero attached hydrogens (tertiary/aromatic N) is 2. The standard InChI is InChI=1S/C10H16BrClN2/c1-6(2)14-10(7(3)8(4)12)9(11)5-13-14/h5-8H,1-4H3. The number of rotatable bonds is 3. The quantitative estimate of drug-likeness (QED) is 0.766. The van der Waals surface area contributed by atoms with Crippen LogP contribution in [-0.4, -0.2) is 15.2 Å². The van der Waals surface area contributed by atoms with Crippen molar-refractivity contribution in [2.45, 2.75) is 45.0 Å². The molecule has 2 atom stereocenters. The average Bonchev–Trinajstić information content (AvgIpc) is 2.45. The van der Waals surface area contributed by atoms with Crippen LogP contribution in [0.15, 0.2) is 10.7 Å². The van der Waals surface area contributed by atoms with Gasteiger partial charge < -0.3 is 0 Å². The summed E-state index contributed by atoms with van der Waals surface area (Å²) in [6.45, 7) is 8.37. The van der Waals surface area contributed by atoms with Gasteiger partial charge in [-0.25, -0.2) is 0 Å². The van der Waals surface area contributed by atoms with Gasteiger partial charge in [0.2, 0.25) is 0 Å². The van der Waals surface area contributed by atoms with Crippen molar-refractivity contribution in [3.05, 3.63) is 16.4 Å². The second kappa shape index (κ2) is 4.67. The smallest absolute Gasteiger partial charge is 0.0635 e. The minimum atomic E-state index is 0.112. The van der Waals surface area contributed by atoms with E-state index in [1.807, 2.05) is 17.8 Å². The molecule has 2 unspecified atom stereocenters. The SMILES string of the molecule is CC(Cl)C(C)c1c(Br)cnn1C(C)C. The number of hydrogen-bond acceptors (Lipinski definition) is 1. The van der Waals surface area contributed by atoms with Crippen LogP contribution in [0.3, 0.4) is 0 Å². The van der Waals surface area contributed by atoms with Crippen LogP contribution in [0.4, 0.5) is 0 Å². The highest BCUT2D eigenvalue weighted by Crippen LogP contribution is 2.30. The normalized spacial score (nSPS) is 15.9. The fourth-order valence-electron chi connectivity index (χ4n) is 1.41. The van der Waals surface area contributed by atoms with Gasteiger partial charge in [-0.05, 0) is 36.7 Å². The zero-order chi connectivity index (χ0) is 10.9. The largest absolute Gasteiger partial charge is 0.266 e. The maximum Gasteiger partial charge on any atom is 0.0635 e. The van der Waals surface area contributed by atoms with Crippen LogP contribution in [0.2, 0.25) is 0 Å². The Bertz CT molecular complexity index is 307. The van der Waals surface area contributed by atoms with Crippen LogP contribution in [0.5, 0.6) is 0 Å². The van der Waals surface area contributed by atoms with E-state index >= 15 is 0 Å². The Hall–Kier alpha value is -0.0200. The molecule has 0 saturated heterocycles. The molecule has 14 heavy (non-hydrogen) atoms. The van der Waals surface area contributed by atoms with Gasteiger partial charge >= 0.3 is 0 Å². The summed E-state index contributed by atoms with van der Waals surface area (Å²) < 4.78 is 3.07. The van der Waals surface area contributed by atoms with Crippen molar-refractivity contribution in [1.29, 1.82) is 0 Å². The van der Waals surface area contributed by atoms with Crippen molar-refractivity contribution in [3.8, 4) is 0 Å². The van der Waals surface area contributed by atoms with Gasteiger partial charge in [-0.3, -0.25) is 4.68 Å². The predicted octanol–water partition coefficient (Wildman–Crippen LogP) is 3.96. The number of halogens is 2.